The maximum absolute atomic E-state index is 13.3. The van der Waals surface area contributed by atoms with Crippen LogP contribution in [0.5, 0.6) is 11.5 Å². The van der Waals surface area contributed by atoms with Crippen LogP contribution < -0.4 is 4.90 Å². The Morgan fingerprint density at radius 1 is 0.833 bits per heavy atom. The van der Waals surface area contributed by atoms with Gasteiger partial charge in [-0.05, 0) is 78.7 Å². The molecule has 2 aliphatic carbocycles. The second-order valence-electron chi connectivity index (χ2n) is 13.3. The van der Waals surface area contributed by atoms with Crippen molar-refractivity contribution in [2.45, 2.75) is 34.4 Å². The van der Waals surface area contributed by atoms with Crippen molar-refractivity contribution < 1.29 is 48.2 Å². The smallest absolute Gasteiger partial charge is 0.416 e. The molecule has 1 saturated heterocycles. The number of carbonyl (C=O) groups is 1. The van der Waals surface area contributed by atoms with Crippen molar-refractivity contribution in [2.24, 2.45) is 0 Å². The van der Waals surface area contributed by atoms with Gasteiger partial charge < -0.3 is 40.1 Å². The molecule has 3 aliphatic heterocycles. The highest BCUT2D eigenvalue weighted by molar-refractivity contribution is 7.99. The molecule has 8 rings (SSSR count). The minimum absolute atomic E-state index is 0. The topological polar surface area (TPSA) is 137 Å². The number of ether oxygens (including phenoxy) is 1. The zero-order valence-corrected chi connectivity index (χ0v) is 31.3. The fourth-order valence-electron chi connectivity index (χ4n) is 7.34. The first-order valence-corrected chi connectivity index (χ1v) is 17.8. The number of aromatic hydroxyl groups is 2. The summed E-state index contributed by atoms with van der Waals surface area (Å²) in [5.74, 6) is -1.58. The van der Waals surface area contributed by atoms with Crippen LogP contribution in [0.15, 0.2) is 93.6 Å². The summed E-state index contributed by atoms with van der Waals surface area (Å²) >= 11 is 1.53. The average Bonchev–Trinajstić information content (AvgIpc) is 3.41. The molecule has 290 valence electrons. The zero-order valence-electron chi connectivity index (χ0n) is 28.9. The van der Waals surface area contributed by atoms with E-state index in [0.29, 0.717) is 41.1 Å². The zero-order chi connectivity index (χ0) is 36.8. The molecule has 3 aromatic carbocycles. The number of benzene rings is 3. The van der Waals surface area contributed by atoms with Crippen LogP contribution in [-0.2, 0) is 22.1 Å². The van der Waals surface area contributed by atoms with Gasteiger partial charge in [0, 0.05) is 66.6 Å². The molecule has 54 heavy (non-hydrogen) atoms. The van der Waals surface area contributed by atoms with Crippen LogP contribution in [0.3, 0.4) is 0 Å². The Morgan fingerprint density at radius 2 is 1.50 bits per heavy atom. The predicted octanol–water partition coefficient (Wildman–Crippen LogP) is 6.23. The number of aliphatic hydroxyl groups is 3. The molecule has 0 amide bonds. The normalized spacial score (nSPS) is 20.3. The minimum atomic E-state index is -4.35. The van der Waals surface area contributed by atoms with Crippen molar-refractivity contribution in [3.63, 3.8) is 0 Å². The molecule has 3 heterocycles. The van der Waals surface area contributed by atoms with Crippen molar-refractivity contribution >= 4 is 59.3 Å². The van der Waals surface area contributed by atoms with E-state index >= 15 is 0 Å². The van der Waals surface area contributed by atoms with Crippen LogP contribution in [0.4, 0.5) is 24.5 Å². The van der Waals surface area contributed by atoms with Gasteiger partial charge in [0.25, 0.3) is 0 Å². The standard InChI is InChI=1S/C22H26F3N3OS.C16H12O6.2ClH/c23-22(24,25)17-6-7-21-19(16-17)28(18-4-1-2-5-20(18)30-21)9-3-8-26-10-12-27(13-11-26)14-15-29;17-10-2-1-8-13-9-4-12(19)11(18)3-7(9)5-16(13,21)6-22-15(8)14(10)20;;/h1-2,4-7,16,29H,3,8-15H2;1-4,18-21H,5-6H2;2*1H. The number of hydrogen-bond acceptors (Lipinski definition) is 11. The maximum Gasteiger partial charge on any atom is 0.416 e. The van der Waals surface area contributed by atoms with Crippen molar-refractivity contribution in [1.82, 2.24) is 9.80 Å². The molecule has 10 nitrogen and oxygen atoms in total. The highest BCUT2D eigenvalue weighted by Crippen LogP contribution is 2.51. The minimum Gasteiger partial charge on any atom is -0.504 e. The van der Waals surface area contributed by atoms with Crippen LogP contribution >= 0.6 is 36.6 Å². The second kappa shape index (κ2) is 16.5. The van der Waals surface area contributed by atoms with E-state index in [0.717, 1.165) is 54.6 Å². The number of hydrogen-bond donors (Lipinski definition) is 5. The van der Waals surface area contributed by atoms with Crippen molar-refractivity contribution in [3.05, 3.63) is 101 Å². The highest BCUT2D eigenvalue weighted by atomic mass is 35.5. The lowest BCUT2D eigenvalue weighted by molar-refractivity contribution is -0.137. The number of β-amino-alcohol motifs (C(OH)–C–C–N with tert-alkyl or cyclic N) is 1. The van der Waals surface area contributed by atoms with Crippen molar-refractivity contribution in [3.8, 4) is 11.5 Å². The van der Waals surface area contributed by atoms with Crippen LogP contribution in [0.1, 0.15) is 23.1 Å². The number of phenolic OH excluding ortho intramolecular Hbond substituents is 2. The number of ketones is 1. The van der Waals surface area contributed by atoms with E-state index in [1.165, 1.54) is 48.2 Å². The van der Waals surface area contributed by atoms with Gasteiger partial charge in [0.05, 0.1) is 23.5 Å². The monoisotopic (exact) mass is 809 g/mol. The Hall–Kier alpha value is -3.89. The molecule has 5 N–H and O–H groups in total. The third kappa shape index (κ3) is 8.06. The molecule has 0 bridgehead atoms. The summed E-state index contributed by atoms with van der Waals surface area (Å²) < 4.78 is 45.3. The number of alkyl halides is 3. The number of fused-ring (bicyclic) bond motifs is 6. The molecule has 0 radical (unpaired) electrons. The van der Waals surface area contributed by atoms with Crippen LogP contribution in [-0.4, -0.2) is 106 Å². The van der Waals surface area contributed by atoms with Crippen LogP contribution in [0.25, 0.3) is 5.57 Å². The Kier molecular flexibility index (Phi) is 12.6. The van der Waals surface area contributed by atoms with E-state index in [1.54, 1.807) is 6.07 Å². The molecular formula is C38H40Cl2F3N3O7S. The first-order chi connectivity index (χ1) is 24.9. The summed E-state index contributed by atoms with van der Waals surface area (Å²) in [7, 11) is 0. The van der Waals surface area contributed by atoms with Gasteiger partial charge >= 0.3 is 6.18 Å². The number of aliphatic hydroxyl groups excluding tert-OH is 2. The quantitative estimate of drug-likeness (QED) is 0.182. The fourth-order valence-corrected chi connectivity index (χ4v) is 8.41. The van der Waals surface area contributed by atoms with Gasteiger partial charge in [0.1, 0.15) is 12.2 Å². The Bertz CT molecular complexity index is 2000. The molecule has 3 aromatic rings. The Labute approximate surface area is 326 Å². The number of piperazine rings is 1. The van der Waals surface area contributed by atoms with Gasteiger partial charge in [0.15, 0.2) is 17.3 Å². The van der Waals surface area contributed by atoms with Gasteiger partial charge in [-0.2, -0.15) is 13.2 Å². The van der Waals surface area contributed by atoms with Crippen LogP contribution in [0.2, 0.25) is 0 Å². The number of carbonyl (C=O) groups excluding carboxylic acids is 1. The Morgan fingerprint density at radius 3 is 2.20 bits per heavy atom. The summed E-state index contributed by atoms with van der Waals surface area (Å²) in [5.41, 5.74) is 1.81. The number of rotatable bonds is 6. The fraction of sp³-hybridized carbons (Fsp3) is 0.342. The largest absolute Gasteiger partial charge is 0.504 e. The van der Waals surface area contributed by atoms with E-state index in [9.17, 15) is 38.4 Å². The van der Waals surface area contributed by atoms with E-state index < -0.39 is 28.9 Å². The molecule has 1 fully saturated rings. The first-order valence-electron chi connectivity index (χ1n) is 17.0. The lowest BCUT2D eigenvalue weighted by Crippen LogP contribution is -2.47. The molecule has 5 aliphatic rings. The first kappa shape index (κ1) is 41.3. The summed E-state index contributed by atoms with van der Waals surface area (Å²) in [4.78, 5) is 20.2. The van der Waals surface area contributed by atoms with E-state index in [-0.39, 0.29) is 61.7 Å². The van der Waals surface area contributed by atoms with E-state index in [1.807, 2.05) is 29.2 Å². The SMILES string of the molecule is Cl.Cl.O=C1C=CC2=C3c4cc(O)c(O)cc4CC3(O)COC2=C1O.OCCN1CCN(CCCN2c3ccccc3Sc3ccc(C(F)(F)F)cc32)CC1. The highest BCUT2D eigenvalue weighted by Gasteiger charge is 2.48. The van der Waals surface area contributed by atoms with E-state index in [2.05, 4.69) is 9.80 Å². The summed E-state index contributed by atoms with van der Waals surface area (Å²) in [6.07, 6.45) is -0.583. The molecule has 0 aromatic heterocycles. The van der Waals surface area contributed by atoms with Crippen molar-refractivity contribution in [2.75, 3.05) is 63.9 Å². The maximum atomic E-state index is 13.3. The number of halogens is 5. The molecule has 0 spiro atoms. The summed E-state index contributed by atoms with van der Waals surface area (Å²) in [6, 6.07) is 14.7. The lowest BCUT2D eigenvalue weighted by atomic mass is 9.85. The van der Waals surface area contributed by atoms with Gasteiger partial charge in [0.2, 0.25) is 11.5 Å². The number of phenols is 2. The molecule has 1 atom stereocenters. The second-order valence-corrected chi connectivity index (χ2v) is 14.4. The number of nitrogens with zero attached hydrogens (tertiary/aromatic N) is 3. The van der Waals surface area contributed by atoms with Crippen molar-refractivity contribution in [1.29, 1.82) is 0 Å². The average molecular weight is 811 g/mol. The molecule has 0 saturated carbocycles. The summed E-state index contributed by atoms with van der Waals surface area (Å²) in [5, 5.41) is 49.1. The van der Waals surface area contributed by atoms with E-state index in [4.69, 9.17) is 9.84 Å². The third-order valence-electron chi connectivity index (χ3n) is 9.93. The third-order valence-corrected chi connectivity index (χ3v) is 11.1. The van der Waals surface area contributed by atoms with Crippen LogP contribution in [0, 0.1) is 0 Å². The van der Waals surface area contributed by atoms with Gasteiger partial charge in [-0.3, -0.25) is 9.69 Å². The predicted molar refractivity (Wildman–Crippen MR) is 203 cm³/mol. The van der Waals surface area contributed by atoms with Gasteiger partial charge in [-0.25, -0.2) is 0 Å². The Balaban J connectivity index is 0.000000208. The molecule has 1 unspecified atom stereocenters. The lowest BCUT2D eigenvalue weighted by Gasteiger charge is -2.36. The number of anilines is 2. The van der Waals surface area contributed by atoms with Gasteiger partial charge in [-0.15, -0.1) is 24.8 Å². The number of allylic oxidation sites excluding steroid dienone is 2. The molecular weight excluding hydrogens is 770 g/mol. The van der Waals surface area contributed by atoms with Gasteiger partial charge in [-0.1, -0.05) is 23.9 Å². The summed E-state index contributed by atoms with van der Waals surface area (Å²) in [6.45, 7) is 6.17. The number of para-hydroxylation sites is 1. The molecule has 16 heteroatoms.